The number of carbonyl (C=O) groups is 2. The van der Waals surface area contributed by atoms with Crippen LogP contribution in [0.25, 0.3) is 0 Å². The van der Waals surface area contributed by atoms with E-state index in [0.717, 1.165) is 0 Å². The average molecular weight is 270 g/mol. The highest BCUT2D eigenvalue weighted by atomic mass is 16.5. The molecular weight excluding hydrogens is 248 g/mol. The van der Waals surface area contributed by atoms with Gasteiger partial charge in [0.2, 0.25) is 0 Å². The second-order valence-electron chi connectivity index (χ2n) is 4.26. The van der Waals surface area contributed by atoms with Crippen molar-refractivity contribution in [3.05, 3.63) is 23.3 Å². The third-order valence-electron chi connectivity index (χ3n) is 2.65. The Labute approximate surface area is 113 Å². The van der Waals surface area contributed by atoms with Crippen LogP contribution in [0.15, 0.2) is 23.3 Å². The topological polar surface area (TPSA) is 83.8 Å². The molecule has 0 saturated carbocycles. The molecule has 5 heteroatoms. The highest BCUT2D eigenvalue weighted by Crippen LogP contribution is 2.10. The van der Waals surface area contributed by atoms with Crippen LogP contribution in [0.4, 0.5) is 0 Å². The molecule has 0 aliphatic rings. The lowest BCUT2D eigenvalue weighted by molar-refractivity contribution is -0.144. The number of rotatable bonds is 8. The molecule has 1 unspecified atom stereocenters. The van der Waals surface area contributed by atoms with Crippen LogP contribution in [0.2, 0.25) is 0 Å². The zero-order valence-corrected chi connectivity index (χ0v) is 11.7. The van der Waals surface area contributed by atoms with E-state index in [1.54, 1.807) is 19.1 Å². The van der Waals surface area contributed by atoms with Gasteiger partial charge in [0, 0.05) is 24.2 Å². The smallest absolute Gasteiger partial charge is 0.333 e. The molecule has 0 spiro atoms. The van der Waals surface area contributed by atoms with Crippen LogP contribution in [0.3, 0.4) is 0 Å². The summed E-state index contributed by atoms with van der Waals surface area (Å²) in [6, 6.07) is 0. The Morgan fingerprint density at radius 1 is 1.21 bits per heavy atom. The monoisotopic (exact) mass is 270 g/mol. The Morgan fingerprint density at radius 3 is 2.32 bits per heavy atom. The summed E-state index contributed by atoms with van der Waals surface area (Å²) < 4.78 is 5.26. The number of aliphatic carboxylic acids is 1. The molecule has 5 nitrogen and oxygen atoms in total. The molecule has 0 aliphatic heterocycles. The number of hydrogen-bond donors (Lipinski definition) is 2. The first-order valence-corrected chi connectivity index (χ1v) is 6.31. The van der Waals surface area contributed by atoms with Gasteiger partial charge in [-0.25, -0.2) is 9.59 Å². The lowest BCUT2D eigenvalue weighted by Crippen LogP contribution is -2.18. The van der Waals surface area contributed by atoms with Gasteiger partial charge in [-0.3, -0.25) is 0 Å². The second-order valence-corrected chi connectivity index (χ2v) is 4.26. The van der Waals surface area contributed by atoms with Crippen molar-refractivity contribution in [1.82, 2.24) is 0 Å². The van der Waals surface area contributed by atoms with Crippen LogP contribution in [-0.2, 0) is 14.3 Å². The van der Waals surface area contributed by atoms with Crippen molar-refractivity contribution in [2.45, 2.75) is 46.1 Å². The number of aliphatic hydroxyl groups is 1. The normalized spacial score (nSPS) is 14.1. The summed E-state index contributed by atoms with van der Waals surface area (Å²) in [5.74, 6) is -1.40. The predicted octanol–water partition coefficient (Wildman–Crippen LogP) is 2.06. The van der Waals surface area contributed by atoms with E-state index in [9.17, 15) is 9.59 Å². The van der Waals surface area contributed by atoms with Crippen molar-refractivity contribution >= 4 is 11.9 Å². The van der Waals surface area contributed by atoms with Gasteiger partial charge < -0.3 is 14.9 Å². The van der Waals surface area contributed by atoms with Gasteiger partial charge in [-0.05, 0) is 26.7 Å². The van der Waals surface area contributed by atoms with Gasteiger partial charge in [-0.2, -0.15) is 0 Å². The number of aliphatic hydroxyl groups excluding tert-OH is 1. The highest BCUT2D eigenvalue weighted by Gasteiger charge is 2.13. The minimum absolute atomic E-state index is 0.0115. The second kappa shape index (κ2) is 9.33. The van der Waals surface area contributed by atoms with Crippen molar-refractivity contribution in [2.24, 2.45) is 0 Å². The predicted molar refractivity (Wildman–Crippen MR) is 71.6 cm³/mol. The Hall–Kier alpha value is -1.62. The first-order chi connectivity index (χ1) is 8.92. The molecule has 19 heavy (non-hydrogen) atoms. The fourth-order valence-electron chi connectivity index (χ4n) is 1.30. The largest absolute Gasteiger partial charge is 0.478 e. The van der Waals surface area contributed by atoms with E-state index in [0.29, 0.717) is 24.8 Å². The molecule has 1 atom stereocenters. The summed E-state index contributed by atoms with van der Waals surface area (Å²) in [7, 11) is 0. The Balaban J connectivity index is 4.45. The van der Waals surface area contributed by atoms with Gasteiger partial charge in [-0.1, -0.05) is 19.1 Å². The Kier molecular flexibility index (Phi) is 8.53. The summed E-state index contributed by atoms with van der Waals surface area (Å²) in [5, 5.41) is 17.4. The molecule has 0 radical (unpaired) electrons. The van der Waals surface area contributed by atoms with E-state index in [1.807, 2.05) is 6.92 Å². The van der Waals surface area contributed by atoms with Gasteiger partial charge in [0.25, 0.3) is 0 Å². The van der Waals surface area contributed by atoms with E-state index in [4.69, 9.17) is 14.9 Å². The number of hydrogen-bond acceptors (Lipinski definition) is 4. The summed E-state index contributed by atoms with van der Waals surface area (Å²) in [6.45, 7) is 4.99. The van der Waals surface area contributed by atoms with E-state index < -0.39 is 11.9 Å². The molecular formula is C14H22O5. The minimum Gasteiger partial charge on any atom is -0.478 e. The van der Waals surface area contributed by atoms with Gasteiger partial charge in [0.05, 0.1) is 0 Å². The minimum atomic E-state index is -0.972. The summed E-state index contributed by atoms with van der Waals surface area (Å²) in [5.41, 5.74) is 0.688. The van der Waals surface area contributed by atoms with Crippen LogP contribution in [0.5, 0.6) is 0 Å². The summed E-state index contributed by atoms with van der Waals surface area (Å²) >= 11 is 0. The van der Waals surface area contributed by atoms with Crippen molar-refractivity contribution < 1.29 is 24.5 Å². The average Bonchev–Trinajstić information content (AvgIpc) is 2.39. The van der Waals surface area contributed by atoms with Crippen LogP contribution in [-0.4, -0.2) is 34.9 Å². The van der Waals surface area contributed by atoms with Crippen molar-refractivity contribution in [2.75, 3.05) is 6.61 Å². The van der Waals surface area contributed by atoms with Crippen molar-refractivity contribution in [1.29, 1.82) is 0 Å². The molecule has 0 fully saturated rings. The maximum absolute atomic E-state index is 11.7. The third-order valence-corrected chi connectivity index (χ3v) is 2.65. The van der Waals surface area contributed by atoms with Gasteiger partial charge in [-0.15, -0.1) is 0 Å². The molecule has 0 amide bonds. The molecule has 0 bridgehead atoms. The van der Waals surface area contributed by atoms with E-state index in [1.165, 1.54) is 6.92 Å². The van der Waals surface area contributed by atoms with E-state index >= 15 is 0 Å². The molecule has 0 heterocycles. The quantitative estimate of drug-likeness (QED) is 0.521. The van der Waals surface area contributed by atoms with Crippen LogP contribution in [0.1, 0.15) is 40.0 Å². The summed E-state index contributed by atoms with van der Waals surface area (Å²) in [4.78, 5) is 22.3. The molecule has 0 aromatic heterocycles. The molecule has 2 N–H and O–H groups in total. The molecule has 0 rings (SSSR count). The molecule has 108 valence electrons. The van der Waals surface area contributed by atoms with Crippen molar-refractivity contribution in [3.8, 4) is 0 Å². The van der Waals surface area contributed by atoms with Crippen LogP contribution < -0.4 is 0 Å². The lowest BCUT2D eigenvalue weighted by atomic mass is 10.1. The SMILES string of the molecule is CCC(CC=C(C)C(=O)O)OC(=O)C(C)=CCCO. The highest BCUT2D eigenvalue weighted by molar-refractivity contribution is 5.88. The fraction of sp³-hybridized carbons (Fsp3) is 0.571. The standard InChI is InChI=1S/C14H22O5/c1-4-12(8-7-10(2)13(16)17)19-14(18)11(3)6-5-9-15/h6-7,12,15H,4-5,8-9H2,1-3H3,(H,16,17). The number of carboxylic acids is 1. The van der Waals surface area contributed by atoms with Gasteiger partial charge >= 0.3 is 11.9 Å². The molecule has 0 aromatic rings. The van der Waals surface area contributed by atoms with Crippen molar-refractivity contribution in [3.63, 3.8) is 0 Å². The fourth-order valence-corrected chi connectivity index (χ4v) is 1.30. The summed E-state index contributed by atoms with van der Waals surface area (Å²) in [6.07, 6.45) is 4.25. The number of esters is 1. The maximum Gasteiger partial charge on any atom is 0.333 e. The first-order valence-electron chi connectivity index (χ1n) is 6.31. The number of ether oxygens (including phenoxy) is 1. The van der Waals surface area contributed by atoms with E-state index in [-0.39, 0.29) is 18.3 Å². The third kappa shape index (κ3) is 7.41. The number of carboxylic acid groups (broad SMARTS) is 1. The molecule has 0 aromatic carbocycles. The van der Waals surface area contributed by atoms with Gasteiger partial charge in [0.1, 0.15) is 6.10 Å². The lowest BCUT2D eigenvalue weighted by Gasteiger charge is -2.14. The zero-order chi connectivity index (χ0) is 14.8. The van der Waals surface area contributed by atoms with Crippen LogP contribution in [0, 0.1) is 0 Å². The molecule has 0 aliphatic carbocycles. The van der Waals surface area contributed by atoms with E-state index in [2.05, 4.69) is 0 Å². The Bertz CT molecular complexity index is 368. The van der Waals surface area contributed by atoms with Gasteiger partial charge in [0.15, 0.2) is 0 Å². The number of carbonyl (C=O) groups excluding carboxylic acids is 1. The van der Waals surface area contributed by atoms with Crippen LogP contribution >= 0.6 is 0 Å². The molecule has 0 saturated heterocycles. The first kappa shape index (κ1) is 17.4. The maximum atomic E-state index is 11.7. The Morgan fingerprint density at radius 2 is 1.84 bits per heavy atom. The zero-order valence-electron chi connectivity index (χ0n) is 11.7.